The van der Waals surface area contributed by atoms with Crippen LogP contribution in [-0.2, 0) is 73.4 Å². The second kappa shape index (κ2) is 29.7. The summed E-state index contributed by atoms with van der Waals surface area (Å²) in [6.07, 6.45) is 8.56. The Morgan fingerprint density at radius 1 is 0.463 bits per heavy atom. The summed E-state index contributed by atoms with van der Waals surface area (Å²) in [6, 6.07) is 20.4. The fourth-order valence-electron chi connectivity index (χ4n) is 6.18. The lowest BCUT2D eigenvalue weighted by Crippen LogP contribution is -2.68. The largest absolute Gasteiger partial charge is 0.463 e. The summed E-state index contributed by atoms with van der Waals surface area (Å²) in [5, 5.41) is 0. The van der Waals surface area contributed by atoms with Crippen molar-refractivity contribution >= 4 is 35.1 Å². The maximum atomic E-state index is 12.6. The van der Waals surface area contributed by atoms with Gasteiger partial charge in [-0.15, -0.1) is 20.5 Å². The molecule has 0 N–H and O–H groups in total. The molecular weight excluding hydrogens is 949 g/mol. The Bertz CT molecular complexity index is 2050. The summed E-state index contributed by atoms with van der Waals surface area (Å²) in [6.45, 7) is 7.23. The number of halogens is 2. The number of ether oxygens (including phenoxy) is 8. The summed E-state index contributed by atoms with van der Waals surface area (Å²) < 4.78 is 117. The highest BCUT2D eigenvalue weighted by Crippen LogP contribution is 2.48. The topological polar surface area (TPSA) is 303 Å². The molecule has 0 atom stereocenters. The van der Waals surface area contributed by atoms with Crippen molar-refractivity contribution in [2.24, 2.45) is 0 Å². The third kappa shape index (κ3) is 24.1. The molecule has 0 saturated heterocycles. The summed E-state index contributed by atoms with van der Waals surface area (Å²) in [5.41, 5.74) is 6.05. The first-order valence-corrected chi connectivity index (χ1v) is 24.0. The molecule has 67 heavy (non-hydrogen) atoms. The maximum absolute atomic E-state index is 12.6. The average Bonchev–Trinajstić information content (AvgIpc) is 3.26. The Balaban J connectivity index is 0.000000886. The van der Waals surface area contributed by atoms with E-state index in [1.165, 1.54) is 0 Å². The van der Waals surface area contributed by atoms with Crippen molar-refractivity contribution in [3.05, 3.63) is 96.6 Å². The van der Waals surface area contributed by atoms with Crippen LogP contribution in [-0.4, -0.2) is 111 Å². The van der Waals surface area contributed by atoms with Crippen LogP contribution in [0, 0.1) is 20.5 Å². The van der Waals surface area contributed by atoms with Crippen LogP contribution in [0.5, 0.6) is 0 Å². The van der Waals surface area contributed by atoms with Gasteiger partial charge in [0.05, 0.1) is 90.3 Å². The second-order valence-electron chi connectivity index (χ2n) is 14.1. The molecule has 9 aliphatic rings. The number of carbonyl (C=O) groups is 2. The van der Waals surface area contributed by atoms with Crippen LogP contribution in [0.3, 0.4) is 0 Å². The van der Waals surface area contributed by atoms with Gasteiger partial charge in [0, 0.05) is 41.1 Å². The van der Waals surface area contributed by atoms with E-state index in [1.807, 2.05) is 43.4 Å². The minimum atomic E-state index is -4.94. The fourth-order valence-corrected chi connectivity index (χ4v) is 7.38. The lowest BCUT2D eigenvalue weighted by molar-refractivity contribution is -2.00. The normalized spacial score (nSPS) is 17.3. The van der Waals surface area contributed by atoms with E-state index in [9.17, 15) is 9.59 Å². The zero-order chi connectivity index (χ0) is 48.5. The number of nitrogens with zero attached hydrogens (tertiary/aromatic N) is 3. The molecule has 0 unspecified atom stereocenters. The Morgan fingerprint density at radius 3 is 1.24 bits per heavy atom. The summed E-state index contributed by atoms with van der Waals surface area (Å²) >= 11 is 1.64. The predicted octanol–water partition coefficient (Wildman–Crippen LogP) is -5.37. The minimum Gasteiger partial charge on any atom is -0.463 e. The Morgan fingerprint density at radius 2 is 0.821 bits per heavy atom. The highest BCUT2D eigenvalue weighted by Gasteiger charge is 2.22. The van der Waals surface area contributed by atoms with Crippen molar-refractivity contribution in [1.82, 2.24) is 0 Å². The molecule has 0 spiro atoms. The zero-order valence-electron chi connectivity index (χ0n) is 36.7. The third-order valence-corrected chi connectivity index (χ3v) is 10.4. The van der Waals surface area contributed by atoms with Gasteiger partial charge in [0.2, 0.25) is 0 Å². The monoisotopic (exact) mass is 1000 g/mol. The molecule has 10 bridgehead atoms. The van der Waals surface area contributed by atoms with Crippen molar-refractivity contribution < 1.29 is 114 Å². The highest BCUT2D eigenvalue weighted by molar-refractivity contribution is 7.99. The van der Waals surface area contributed by atoms with E-state index in [2.05, 4.69) is 63.1 Å². The van der Waals surface area contributed by atoms with Crippen LogP contribution in [0.4, 0.5) is 11.4 Å². The third-order valence-electron chi connectivity index (χ3n) is 9.26. The van der Waals surface area contributed by atoms with Crippen molar-refractivity contribution in [1.29, 1.82) is 0 Å². The standard InChI is InChI=1S/C43H53N3O10S.2ClHO4/c1-44-38-4-2-35-31-41(38)57-40-5-3-34(30-39(40)44)32-42(47)55-28-26-53-24-22-51-20-18-49-16-14-45-10-6-36(7-11-45)37-8-12-46(13-9-37)15-17-50-19-21-52-23-25-54-27-29-56-43(48)33-35;2*2-1(3,4)5/h2-13,30-31H,14-29,32-33H2,1H3;2*(H,2,3,4,5)/q+2;;/p-2. The Labute approximate surface area is 396 Å². The van der Waals surface area contributed by atoms with Crippen LogP contribution < -0.4 is 51.3 Å². The number of anilines is 2. The van der Waals surface area contributed by atoms with Crippen LogP contribution >= 0.6 is 11.8 Å². The molecule has 11 heterocycles. The molecule has 0 amide bonds. The zero-order valence-corrected chi connectivity index (χ0v) is 39.0. The minimum absolute atomic E-state index is 0.161. The number of carbonyl (C=O) groups excluding carboxylic acids is 2. The molecule has 4 aromatic rings. The molecule has 2 aromatic carbocycles. The highest BCUT2D eigenvalue weighted by atomic mass is 35.7. The van der Waals surface area contributed by atoms with Crippen molar-refractivity contribution in [3.8, 4) is 11.1 Å². The molecule has 0 saturated carbocycles. The molecule has 0 aliphatic carbocycles. The van der Waals surface area contributed by atoms with E-state index in [0.717, 1.165) is 56.5 Å². The molecule has 9 aliphatic heterocycles. The fraction of sp³-hybridized carbons (Fsp3) is 0.442. The number of aromatic nitrogens is 2. The molecule has 2 aromatic heterocycles. The van der Waals surface area contributed by atoms with Gasteiger partial charge >= 0.3 is 11.9 Å². The SMILES string of the molecule is CN1c2ccc3cc2Sc2ccc(cc21)CC(=O)OCCOCCOCCOCC[n+]1ccc(cc1)-c1cc[n+](cc1)CCOCCOCCOCCOC(=O)C3.[O-][Cl+3]([O-])([O-])[O-].[O-][Cl+3]([O-])([O-])[O-]. The summed E-state index contributed by atoms with van der Waals surface area (Å²) in [4.78, 5) is 29.4. The number of pyridine rings is 2. The first-order chi connectivity index (χ1) is 32.0. The van der Waals surface area contributed by atoms with Gasteiger partial charge in [0.1, 0.15) is 26.4 Å². The number of hydrogen-bond donors (Lipinski definition) is 0. The first kappa shape index (κ1) is 55.4. The van der Waals surface area contributed by atoms with Crippen molar-refractivity contribution in [2.45, 2.75) is 35.7 Å². The number of benzene rings is 2. The van der Waals surface area contributed by atoms with Crippen LogP contribution in [0.25, 0.3) is 11.1 Å². The van der Waals surface area contributed by atoms with Gasteiger partial charge in [0.15, 0.2) is 37.9 Å². The van der Waals surface area contributed by atoms with Gasteiger partial charge in [-0.25, -0.2) is 46.4 Å². The number of hydrogen-bond acceptors (Lipinski definition) is 20. The first-order valence-electron chi connectivity index (χ1n) is 20.7. The quantitative estimate of drug-likeness (QED) is 0.117. The van der Waals surface area contributed by atoms with Crippen LogP contribution in [0.2, 0.25) is 0 Å². The van der Waals surface area contributed by atoms with E-state index < -0.39 is 20.5 Å². The van der Waals surface area contributed by atoms with Gasteiger partial charge in [-0.3, -0.25) is 9.59 Å². The van der Waals surface area contributed by atoms with E-state index in [0.29, 0.717) is 79.3 Å². The predicted molar refractivity (Wildman–Crippen MR) is 212 cm³/mol. The summed E-state index contributed by atoms with van der Waals surface area (Å²) in [5.74, 6) is -0.617. The van der Waals surface area contributed by atoms with Gasteiger partial charge in [-0.1, -0.05) is 23.9 Å². The van der Waals surface area contributed by atoms with Gasteiger partial charge in [0.25, 0.3) is 0 Å². The molecule has 24 heteroatoms. The van der Waals surface area contributed by atoms with Crippen molar-refractivity contribution in [3.63, 3.8) is 0 Å². The van der Waals surface area contributed by atoms with E-state index in [4.69, 9.17) is 75.2 Å². The van der Waals surface area contributed by atoms with E-state index in [-0.39, 0.29) is 38.0 Å². The van der Waals surface area contributed by atoms with Gasteiger partial charge < -0.3 is 42.8 Å². The number of esters is 2. The smallest absolute Gasteiger partial charge is 0.310 e. The van der Waals surface area contributed by atoms with E-state index >= 15 is 0 Å². The molecule has 368 valence electrons. The number of rotatable bonds is 0. The lowest BCUT2D eigenvalue weighted by atomic mass is 10.1. The molecule has 13 rings (SSSR count). The molecule has 21 nitrogen and oxygen atoms in total. The van der Waals surface area contributed by atoms with E-state index in [1.54, 1.807) is 11.8 Å². The molecular formula is C43H53Cl2N3O18S. The van der Waals surface area contributed by atoms with Crippen LogP contribution in [0.15, 0.2) is 95.2 Å². The Kier molecular flexibility index (Phi) is 24.6. The van der Waals surface area contributed by atoms with Gasteiger partial charge in [-0.2, -0.15) is 0 Å². The Hall–Kier alpha value is -4.15. The maximum Gasteiger partial charge on any atom is 0.310 e. The average molecular weight is 1000 g/mol. The lowest BCUT2D eigenvalue weighted by Gasteiger charge is -2.30. The second-order valence-corrected chi connectivity index (χ2v) is 16.7. The van der Waals surface area contributed by atoms with Crippen LogP contribution in [0.1, 0.15) is 11.1 Å². The molecule has 0 fully saturated rings. The molecule has 0 radical (unpaired) electrons. The summed E-state index contributed by atoms with van der Waals surface area (Å²) in [7, 11) is -7.89. The van der Waals surface area contributed by atoms with Crippen molar-refractivity contribution in [2.75, 3.05) is 104 Å². The van der Waals surface area contributed by atoms with Gasteiger partial charge in [-0.05, 0) is 46.5 Å².